The average molecular weight is 379 g/mol. The Bertz CT molecular complexity index is 1110. The van der Waals surface area contributed by atoms with Crippen LogP contribution in [0.2, 0.25) is 0 Å². The predicted molar refractivity (Wildman–Crippen MR) is 102 cm³/mol. The first-order valence-corrected chi connectivity index (χ1v) is 8.51. The first kappa shape index (κ1) is 17.7. The number of pyridine rings is 2. The maximum Gasteiger partial charge on any atom is 0.163 e. The van der Waals surface area contributed by atoms with E-state index in [9.17, 15) is 8.78 Å². The van der Waals surface area contributed by atoms with Gasteiger partial charge in [-0.1, -0.05) is 0 Å². The lowest BCUT2D eigenvalue weighted by atomic mass is 10.2. The van der Waals surface area contributed by atoms with Crippen LogP contribution in [0.5, 0.6) is 5.75 Å². The smallest absolute Gasteiger partial charge is 0.163 e. The highest BCUT2D eigenvalue weighted by Gasteiger charge is 2.12. The van der Waals surface area contributed by atoms with Crippen LogP contribution < -0.4 is 10.1 Å². The molecule has 0 aliphatic heterocycles. The molecule has 6 nitrogen and oxygen atoms in total. The third-order valence-electron chi connectivity index (χ3n) is 3.90. The number of alkyl halides is 1. The fraction of sp³-hybridized carbons (Fsp3) is 0.100. The zero-order chi connectivity index (χ0) is 19.3. The zero-order valence-corrected chi connectivity index (χ0v) is 14.6. The van der Waals surface area contributed by atoms with E-state index in [2.05, 4.69) is 25.3 Å². The molecule has 0 fully saturated rings. The molecule has 3 heterocycles. The van der Waals surface area contributed by atoms with Crippen LogP contribution in [0.25, 0.3) is 22.3 Å². The number of hydrogen-bond acceptors (Lipinski definition) is 6. The SMILES string of the molecule is FCCOc1ccc2nc(-c3cccnc3)nc(Nc3cncc(F)c3)c2c1. The van der Waals surface area contributed by atoms with Gasteiger partial charge in [-0.05, 0) is 30.3 Å². The Kier molecular flexibility index (Phi) is 5.01. The van der Waals surface area contributed by atoms with Gasteiger partial charge < -0.3 is 10.1 Å². The molecule has 0 radical (unpaired) electrons. The van der Waals surface area contributed by atoms with Crippen molar-refractivity contribution in [1.29, 1.82) is 0 Å². The molecule has 0 saturated carbocycles. The molecule has 0 aliphatic carbocycles. The standard InChI is InChI=1S/C20H15F2N5O/c21-5-7-28-16-3-4-18-17(9-16)20(25-15-8-14(22)11-24-12-15)27-19(26-18)13-2-1-6-23-10-13/h1-4,6,8-12H,5,7H2,(H,25,26,27). The molecular weight excluding hydrogens is 364 g/mol. The summed E-state index contributed by atoms with van der Waals surface area (Å²) in [6.07, 6.45) is 5.93. The molecule has 0 amide bonds. The second kappa shape index (κ2) is 7.91. The van der Waals surface area contributed by atoms with Crippen molar-refractivity contribution in [3.8, 4) is 17.1 Å². The molecule has 4 rings (SSSR count). The van der Waals surface area contributed by atoms with Crippen molar-refractivity contribution in [2.45, 2.75) is 0 Å². The van der Waals surface area contributed by atoms with Crippen molar-refractivity contribution < 1.29 is 13.5 Å². The second-order valence-corrected chi connectivity index (χ2v) is 5.87. The number of rotatable bonds is 6. The summed E-state index contributed by atoms with van der Waals surface area (Å²) >= 11 is 0. The number of halogens is 2. The van der Waals surface area contributed by atoms with Crippen LogP contribution in [0.4, 0.5) is 20.3 Å². The molecule has 0 saturated heterocycles. The molecule has 0 spiro atoms. The maximum atomic E-state index is 13.5. The molecule has 0 unspecified atom stereocenters. The van der Waals surface area contributed by atoms with Gasteiger partial charge in [-0.25, -0.2) is 18.7 Å². The molecule has 0 atom stereocenters. The Labute approximate surface area is 159 Å². The fourth-order valence-corrected chi connectivity index (χ4v) is 2.69. The van der Waals surface area contributed by atoms with Crippen LogP contribution in [-0.2, 0) is 0 Å². The highest BCUT2D eigenvalue weighted by molar-refractivity contribution is 5.93. The lowest BCUT2D eigenvalue weighted by molar-refractivity contribution is 0.273. The van der Waals surface area contributed by atoms with Crippen molar-refractivity contribution in [2.75, 3.05) is 18.6 Å². The summed E-state index contributed by atoms with van der Waals surface area (Å²) in [4.78, 5) is 17.1. The fourth-order valence-electron chi connectivity index (χ4n) is 2.69. The van der Waals surface area contributed by atoms with Crippen LogP contribution in [0.3, 0.4) is 0 Å². The second-order valence-electron chi connectivity index (χ2n) is 5.87. The molecule has 1 aromatic carbocycles. The van der Waals surface area contributed by atoms with Gasteiger partial charge in [0.2, 0.25) is 0 Å². The molecule has 4 aromatic rings. The first-order valence-electron chi connectivity index (χ1n) is 8.51. The van der Waals surface area contributed by atoms with E-state index in [1.54, 1.807) is 36.7 Å². The Morgan fingerprint density at radius 1 is 1.00 bits per heavy atom. The van der Waals surface area contributed by atoms with E-state index in [4.69, 9.17) is 4.74 Å². The molecule has 140 valence electrons. The van der Waals surface area contributed by atoms with Gasteiger partial charge in [0, 0.05) is 29.4 Å². The van der Waals surface area contributed by atoms with Crippen LogP contribution in [-0.4, -0.2) is 33.2 Å². The highest BCUT2D eigenvalue weighted by atomic mass is 19.1. The number of anilines is 2. The monoisotopic (exact) mass is 379 g/mol. The molecule has 0 bridgehead atoms. The number of nitrogens with one attached hydrogen (secondary N) is 1. The highest BCUT2D eigenvalue weighted by Crippen LogP contribution is 2.30. The van der Waals surface area contributed by atoms with E-state index in [1.807, 2.05) is 6.07 Å². The molecule has 28 heavy (non-hydrogen) atoms. The van der Waals surface area contributed by atoms with Gasteiger partial charge in [0.15, 0.2) is 5.82 Å². The number of ether oxygens (including phenoxy) is 1. The Hall–Kier alpha value is -3.68. The first-order chi connectivity index (χ1) is 13.7. The maximum absolute atomic E-state index is 13.5. The van der Waals surface area contributed by atoms with E-state index in [0.29, 0.717) is 34.0 Å². The number of nitrogens with zero attached hydrogens (tertiary/aromatic N) is 4. The summed E-state index contributed by atoms with van der Waals surface area (Å²) < 4.78 is 31.3. The lowest BCUT2D eigenvalue weighted by Gasteiger charge is -2.12. The average Bonchev–Trinajstić information content (AvgIpc) is 2.73. The molecule has 3 aromatic heterocycles. The Morgan fingerprint density at radius 2 is 1.93 bits per heavy atom. The van der Waals surface area contributed by atoms with Gasteiger partial charge >= 0.3 is 0 Å². The van der Waals surface area contributed by atoms with Crippen LogP contribution in [0.15, 0.2) is 61.2 Å². The van der Waals surface area contributed by atoms with Crippen molar-refractivity contribution >= 4 is 22.4 Å². The minimum Gasteiger partial charge on any atom is -0.491 e. The van der Waals surface area contributed by atoms with Crippen molar-refractivity contribution in [1.82, 2.24) is 19.9 Å². The summed E-state index contributed by atoms with van der Waals surface area (Å²) in [6.45, 7) is -0.634. The summed E-state index contributed by atoms with van der Waals surface area (Å²) in [6, 6.07) is 10.1. The van der Waals surface area contributed by atoms with E-state index < -0.39 is 12.5 Å². The van der Waals surface area contributed by atoms with Gasteiger partial charge in [0.25, 0.3) is 0 Å². The largest absolute Gasteiger partial charge is 0.491 e. The normalized spacial score (nSPS) is 10.8. The number of hydrogen-bond donors (Lipinski definition) is 1. The number of fused-ring (bicyclic) bond motifs is 1. The summed E-state index contributed by atoms with van der Waals surface area (Å²) in [7, 11) is 0. The predicted octanol–water partition coefficient (Wildman–Crippen LogP) is 4.32. The number of benzene rings is 1. The number of aromatic nitrogens is 4. The van der Waals surface area contributed by atoms with Crippen molar-refractivity contribution in [2.24, 2.45) is 0 Å². The van der Waals surface area contributed by atoms with E-state index in [-0.39, 0.29) is 6.61 Å². The van der Waals surface area contributed by atoms with E-state index in [1.165, 1.54) is 12.3 Å². The van der Waals surface area contributed by atoms with Gasteiger partial charge in [-0.2, -0.15) is 0 Å². The lowest BCUT2D eigenvalue weighted by Crippen LogP contribution is -2.02. The minimum atomic E-state index is -0.589. The van der Waals surface area contributed by atoms with E-state index >= 15 is 0 Å². The molecular formula is C20H15F2N5O. The summed E-state index contributed by atoms with van der Waals surface area (Å²) in [5.74, 6) is 0.929. The minimum absolute atomic E-state index is 0.0449. The summed E-state index contributed by atoms with van der Waals surface area (Å²) in [5.41, 5.74) is 1.82. The third-order valence-corrected chi connectivity index (χ3v) is 3.90. The van der Waals surface area contributed by atoms with Crippen molar-refractivity contribution in [3.05, 3.63) is 67.0 Å². The van der Waals surface area contributed by atoms with Crippen molar-refractivity contribution in [3.63, 3.8) is 0 Å². The molecule has 1 N–H and O–H groups in total. The van der Waals surface area contributed by atoms with Gasteiger partial charge in [0.05, 0.1) is 23.6 Å². The van der Waals surface area contributed by atoms with Gasteiger partial charge in [0.1, 0.15) is 30.7 Å². The van der Waals surface area contributed by atoms with E-state index in [0.717, 1.165) is 11.8 Å². The van der Waals surface area contributed by atoms with Crippen LogP contribution in [0, 0.1) is 5.82 Å². The molecule has 0 aliphatic rings. The van der Waals surface area contributed by atoms with Gasteiger partial charge in [-0.15, -0.1) is 0 Å². The third kappa shape index (κ3) is 3.85. The Morgan fingerprint density at radius 3 is 2.71 bits per heavy atom. The van der Waals surface area contributed by atoms with Gasteiger partial charge in [-0.3, -0.25) is 9.97 Å². The Balaban J connectivity index is 1.83. The molecule has 8 heteroatoms. The summed E-state index contributed by atoms with van der Waals surface area (Å²) in [5, 5.41) is 3.72. The zero-order valence-electron chi connectivity index (χ0n) is 14.6. The quantitative estimate of drug-likeness (QED) is 0.538. The van der Waals surface area contributed by atoms with Crippen LogP contribution in [0.1, 0.15) is 0 Å². The van der Waals surface area contributed by atoms with Crippen LogP contribution >= 0.6 is 0 Å². The topological polar surface area (TPSA) is 72.8 Å².